The number of carbonyl (C=O) groups excluding carboxylic acids is 2. The number of benzene rings is 2. The molecular formula is C19H19ClN2O3. The van der Waals surface area contributed by atoms with E-state index in [1.165, 1.54) is 6.07 Å². The molecule has 1 aliphatic heterocycles. The fraction of sp³-hybridized carbons (Fsp3) is 0.263. The van der Waals surface area contributed by atoms with Gasteiger partial charge in [-0.2, -0.15) is 0 Å². The number of aromatic hydroxyl groups is 1. The molecule has 0 radical (unpaired) electrons. The number of carbonyl (C=O) groups is 2. The Morgan fingerprint density at radius 3 is 2.48 bits per heavy atom. The molecule has 130 valence electrons. The first kappa shape index (κ1) is 17.3. The molecule has 0 unspecified atom stereocenters. The average Bonchev–Trinajstić information content (AvgIpc) is 2.62. The van der Waals surface area contributed by atoms with E-state index in [2.05, 4.69) is 5.32 Å². The lowest BCUT2D eigenvalue weighted by molar-refractivity contribution is 0.0698. The van der Waals surface area contributed by atoms with Gasteiger partial charge >= 0.3 is 0 Å². The van der Waals surface area contributed by atoms with Gasteiger partial charge in [-0.1, -0.05) is 29.8 Å². The van der Waals surface area contributed by atoms with Crippen LogP contribution in [0.1, 0.15) is 33.6 Å². The Bertz CT molecular complexity index is 786. The standard InChI is InChI=1S/C19H19ClN2O3/c20-14-5-3-4-13(12-14)19(25)22-10-8-15(9-11-22)21-18(24)16-6-1-2-7-17(16)23/h1-7,12,15,23H,8-11H2,(H,21,24). The van der Waals surface area contributed by atoms with Crippen molar-refractivity contribution < 1.29 is 14.7 Å². The molecule has 2 aromatic rings. The molecule has 1 heterocycles. The van der Waals surface area contributed by atoms with Crippen LogP contribution in [-0.4, -0.2) is 41.0 Å². The summed E-state index contributed by atoms with van der Waals surface area (Å²) in [6.07, 6.45) is 1.34. The normalized spacial score (nSPS) is 15.0. The fourth-order valence-corrected chi connectivity index (χ4v) is 3.15. The van der Waals surface area contributed by atoms with Crippen LogP contribution in [-0.2, 0) is 0 Å². The summed E-state index contributed by atoms with van der Waals surface area (Å²) in [6.45, 7) is 1.13. The van der Waals surface area contributed by atoms with Gasteiger partial charge in [-0.05, 0) is 43.2 Å². The van der Waals surface area contributed by atoms with E-state index in [9.17, 15) is 14.7 Å². The van der Waals surface area contributed by atoms with Crippen molar-refractivity contribution in [3.63, 3.8) is 0 Å². The second-order valence-corrected chi connectivity index (χ2v) is 6.50. The Hall–Kier alpha value is -2.53. The van der Waals surface area contributed by atoms with E-state index in [0.717, 1.165) is 0 Å². The number of nitrogens with zero attached hydrogens (tertiary/aromatic N) is 1. The van der Waals surface area contributed by atoms with E-state index in [4.69, 9.17) is 11.6 Å². The number of hydrogen-bond donors (Lipinski definition) is 2. The van der Waals surface area contributed by atoms with Gasteiger partial charge in [0.15, 0.2) is 0 Å². The maximum atomic E-state index is 12.5. The number of amides is 2. The van der Waals surface area contributed by atoms with Gasteiger partial charge in [0, 0.05) is 29.7 Å². The lowest BCUT2D eigenvalue weighted by atomic mass is 10.0. The van der Waals surface area contributed by atoms with Crippen molar-refractivity contribution >= 4 is 23.4 Å². The molecule has 0 saturated carbocycles. The maximum Gasteiger partial charge on any atom is 0.255 e. The first-order chi connectivity index (χ1) is 12.0. The first-order valence-electron chi connectivity index (χ1n) is 8.18. The number of hydrogen-bond acceptors (Lipinski definition) is 3. The summed E-state index contributed by atoms with van der Waals surface area (Å²) < 4.78 is 0. The SMILES string of the molecule is O=C(NC1CCN(C(=O)c2cccc(Cl)c2)CC1)c1ccccc1O. The average molecular weight is 359 g/mol. The zero-order valence-electron chi connectivity index (χ0n) is 13.6. The van der Waals surface area contributed by atoms with Gasteiger partial charge in [-0.25, -0.2) is 0 Å². The quantitative estimate of drug-likeness (QED) is 0.885. The Kier molecular flexibility index (Phi) is 5.24. The van der Waals surface area contributed by atoms with Crippen LogP contribution in [0.2, 0.25) is 5.02 Å². The van der Waals surface area contributed by atoms with Crippen LogP contribution in [0.15, 0.2) is 48.5 Å². The smallest absolute Gasteiger partial charge is 0.255 e. The van der Waals surface area contributed by atoms with Gasteiger partial charge in [-0.15, -0.1) is 0 Å². The molecular weight excluding hydrogens is 340 g/mol. The minimum atomic E-state index is -0.294. The molecule has 1 fully saturated rings. The fourth-order valence-electron chi connectivity index (χ4n) is 2.96. The van der Waals surface area contributed by atoms with Gasteiger partial charge in [0.2, 0.25) is 0 Å². The highest BCUT2D eigenvalue weighted by molar-refractivity contribution is 6.30. The molecule has 0 spiro atoms. The third-order valence-corrected chi connectivity index (χ3v) is 4.57. The molecule has 0 aromatic heterocycles. The molecule has 0 atom stereocenters. The summed E-state index contributed by atoms with van der Waals surface area (Å²) in [4.78, 5) is 26.5. The van der Waals surface area contributed by atoms with Gasteiger partial charge in [0.25, 0.3) is 11.8 Å². The van der Waals surface area contributed by atoms with Gasteiger partial charge in [0.05, 0.1) is 5.56 Å². The summed E-state index contributed by atoms with van der Waals surface area (Å²) in [5.41, 5.74) is 0.837. The summed E-state index contributed by atoms with van der Waals surface area (Å²) in [5.74, 6) is -0.376. The minimum Gasteiger partial charge on any atom is -0.507 e. The van der Waals surface area contributed by atoms with Crippen molar-refractivity contribution in [2.24, 2.45) is 0 Å². The van der Waals surface area contributed by atoms with Crippen LogP contribution in [0.4, 0.5) is 0 Å². The Morgan fingerprint density at radius 1 is 1.08 bits per heavy atom. The first-order valence-corrected chi connectivity index (χ1v) is 8.56. The predicted octanol–water partition coefficient (Wildman–Crippen LogP) is 3.08. The van der Waals surface area contributed by atoms with E-state index < -0.39 is 0 Å². The van der Waals surface area contributed by atoms with E-state index in [1.807, 2.05) is 0 Å². The zero-order chi connectivity index (χ0) is 17.8. The summed E-state index contributed by atoms with van der Waals surface area (Å²) in [5, 5.41) is 13.2. The molecule has 1 aliphatic rings. The van der Waals surface area contributed by atoms with Crippen molar-refractivity contribution in [1.29, 1.82) is 0 Å². The van der Waals surface area contributed by atoms with Crippen molar-refractivity contribution in [1.82, 2.24) is 10.2 Å². The molecule has 3 rings (SSSR count). The highest BCUT2D eigenvalue weighted by Gasteiger charge is 2.25. The summed E-state index contributed by atoms with van der Waals surface area (Å²) >= 11 is 5.94. The summed E-state index contributed by atoms with van der Waals surface area (Å²) in [6, 6.07) is 13.3. The molecule has 6 heteroatoms. The molecule has 25 heavy (non-hydrogen) atoms. The number of phenolic OH excluding ortho intramolecular Hbond substituents is 1. The van der Waals surface area contributed by atoms with Crippen molar-refractivity contribution in [2.75, 3.05) is 13.1 Å². The van der Waals surface area contributed by atoms with E-state index in [-0.39, 0.29) is 29.2 Å². The number of nitrogens with one attached hydrogen (secondary N) is 1. The minimum absolute atomic E-state index is 0.0180. The van der Waals surface area contributed by atoms with E-state index in [0.29, 0.717) is 36.5 Å². The van der Waals surface area contributed by atoms with Crippen molar-refractivity contribution in [3.05, 3.63) is 64.7 Å². The van der Waals surface area contributed by atoms with Crippen LogP contribution >= 0.6 is 11.6 Å². The molecule has 2 aromatic carbocycles. The Labute approximate surface area is 151 Å². The lowest BCUT2D eigenvalue weighted by Crippen LogP contribution is -2.46. The monoisotopic (exact) mass is 358 g/mol. The highest BCUT2D eigenvalue weighted by Crippen LogP contribution is 2.19. The van der Waals surface area contributed by atoms with E-state index in [1.54, 1.807) is 47.4 Å². The number of likely N-dealkylation sites (tertiary alicyclic amines) is 1. The second-order valence-electron chi connectivity index (χ2n) is 6.07. The van der Waals surface area contributed by atoms with E-state index >= 15 is 0 Å². The Balaban J connectivity index is 1.56. The van der Waals surface area contributed by atoms with Gasteiger partial charge in [-0.3, -0.25) is 9.59 Å². The van der Waals surface area contributed by atoms with Crippen LogP contribution in [0, 0.1) is 0 Å². The number of piperidine rings is 1. The highest BCUT2D eigenvalue weighted by atomic mass is 35.5. The maximum absolute atomic E-state index is 12.5. The van der Waals surface area contributed by atoms with Crippen molar-refractivity contribution in [3.8, 4) is 5.75 Å². The number of halogens is 1. The zero-order valence-corrected chi connectivity index (χ0v) is 14.4. The number of para-hydroxylation sites is 1. The Morgan fingerprint density at radius 2 is 1.80 bits per heavy atom. The predicted molar refractivity (Wildman–Crippen MR) is 96.0 cm³/mol. The molecule has 5 nitrogen and oxygen atoms in total. The third-order valence-electron chi connectivity index (χ3n) is 4.34. The van der Waals surface area contributed by atoms with Gasteiger partial charge in [0.1, 0.15) is 5.75 Å². The number of phenols is 1. The van der Waals surface area contributed by atoms with Crippen LogP contribution < -0.4 is 5.32 Å². The molecule has 2 amide bonds. The molecule has 2 N–H and O–H groups in total. The van der Waals surface area contributed by atoms with Crippen LogP contribution in [0.5, 0.6) is 5.75 Å². The largest absolute Gasteiger partial charge is 0.507 e. The van der Waals surface area contributed by atoms with Gasteiger partial charge < -0.3 is 15.3 Å². The third kappa shape index (κ3) is 4.12. The number of rotatable bonds is 3. The van der Waals surface area contributed by atoms with Crippen LogP contribution in [0.3, 0.4) is 0 Å². The molecule has 0 aliphatic carbocycles. The lowest BCUT2D eigenvalue weighted by Gasteiger charge is -2.32. The molecule has 0 bridgehead atoms. The van der Waals surface area contributed by atoms with Crippen molar-refractivity contribution in [2.45, 2.75) is 18.9 Å². The molecule has 1 saturated heterocycles. The second kappa shape index (κ2) is 7.57. The van der Waals surface area contributed by atoms with Crippen LogP contribution in [0.25, 0.3) is 0 Å². The topological polar surface area (TPSA) is 69.6 Å². The summed E-state index contributed by atoms with van der Waals surface area (Å²) in [7, 11) is 0.